The molecular formula is C22H27N3O5. The van der Waals surface area contributed by atoms with Gasteiger partial charge in [0.25, 0.3) is 0 Å². The first-order valence-corrected chi connectivity index (χ1v) is 9.88. The average Bonchev–Trinajstić information content (AvgIpc) is 2.77. The van der Waals surface area contributed by atoms with Crippen LogP contribution in [0.15, 0.2) is 48.5 Å². The molecule has 2 N–H and O–H groups in total. The number of anilines is 1. The quantitative estimate of drug-likeness (QED) is 0.653. The molecule has 0 spiro atoms. The van der Waals surface area contributed by atoms with Gasteiger partial charge in [-0.1, -0.05) is 19.1 Å². The molecule has 8 heteroatoms. The standard InChI is InChI=1S/C22H27N3O5/c1-3-25(14-22(27)24-16-8-10-17(28-2)11-9-16)13-21(26)23-12-18-15-29-19-6-4-5-7-20(19)30-18/h4-11,18H,3,12-15H2,1-2H3,(H,23,26)(H,24,27)/t18-/m1/s1. The third kappa shape index (κ3) is 6.12. The van der Waals surface area contributed by atoms with Gasteiger partial charge in [-0.3, -0.25) is 14.5 Å². The van der Waals surface area contributed by atoms with Crippen LogP contribution in [0, 0.1) is 0 Å². The smallest absolute Gasteiger partial charge is 0.238 e. The average molecular weight is 413 g/mol. The van der Waals surface area contributed by atoms with E-state index in [1.807, 2.05) is 31.2 Å². The van der Waals surface area contributed by atoms with Crippen LogP contribution in [0.3, 0.4) is 0 Å². The van der Waals surface area contributed by atoms with Gasteiger partial charge in [0.2, 0.25) is 11.8 Å². The van der Waals surface area contributed by atoms with Gasteiger partial charge in [-0.15, -0.1) is 0 Å². The fraction of sp³-hybridized carbons (Fsp3) is 0.364. The minimum atomic E-state index is -0.253. The number of benzene rings is 2. The maximum absolute atomic E-state index is 12.3. The van der Waals surface area contributed by atoms with E-state index in [0.717, 1.165) is 5.75 Å². The van der Waals surface area contributed by atoms with E-state index >= 15 is 0 Å². The normalized spacial score (nSPS) is 14.8. The summed E-state index contributed by atoms with van der Waals surface area (Å²) in [6.07, 6.45) is -0.253. The van der Waals surface area contributed by atoms with Crippen LogP contribution < -0.4 is 24.8 Å². The second-order valence-electron chi connectivity index (χ2n) is 6.88. The van der Waals surface area contributed by atoms with Gasteiger partial charge in [-0.05, 0) is 42.9 Å². The van der Waals surface area contributed by atoms with Crippen molar-refractivity contribution in [1.82, 2.24) is 10.2 Å². The lowest BCUT2D eigenvalue weighted by Gasteiger charge is -2.27. The number of amides is 2. The van der Waals surface area contributed by atoms with E-state index in [9.17, 15) is 9.59 Å². The maximum Gasteiger partial charge on any atom is 0.238 e. The second-order valence-corrected chi connectivity index (χ2v) is 6.88. The topological polar surface area (TPSA) is 89.1 Å². The summed E-state index contributed by atoms with van der Waals surface area (Å²) in [6.45, 7) is 3.42. The number of hydrogen-bond donors (Lipinski definition) is 2. The molecular weight excluding hydrogens is 386 g/mol. The zero-order valence-electron chi connectivity index (χ0n) is 17.2. The van der Waals surface area contributed by atoms with Crippen LogP contribution >= 0.6 is 0 Å². The van der Waals surface area contributed by atoms with Crippen LogP contribution in [0.5, 0.6) is 17.2 Å². The number of nitrogens with one attached hydrogen (secondary N) is 2. The summed E-state index contributed by atoms with van der Waals surface area (Å²) >= 11 is 0. The van der Waals surface area contributed by atoms with Crippen LogP contribution in [0.4, 0.5) is 5.69 Å². The second kappa shape index (κ2) is 10.5. The SMILES string of the molecule is CCN(CC(=O)NC[C@@H]1COc2ccccc2O1)CC(=O)Nc1ccc(OC)cc1. The monoisotopic (exact) mass is 413 g/mol. The van der Waals surface area contributed by atoms with Crippen molar-refractivity contribution in [1.29, 1.82) is 0 Å². The molecule has 0 fully saturated rings. The summed E-state index contributed by atoms with van der Waals surface area (Å²) in [5, 5.41) is 5.67. The molecule has 0 radical (unpaired) electrons. The Morgan fingerprint density at radius 2 is 1.77 bits per heavy atom. The first kappa shape index (κ1) is 21.4. The van der Waals surface area contributed by atoms with E-state index in [0.29, 0.717) is 36.9 Å². The summed E-state index contributed by atoms with van der Waals surface area (Å²) in [7, 11) is 1.59. The molecule has 0 saturated carbocycles. The number of hydrogen-bond acceptors (Lipinski definition) is 6. The number of methoxy groups -OCH3 is 1. The summed E-state index contributed by atoms with van der Waals surface area (Å²) < 4.78 is 16.6. The van der Waals surface area contributed by atoms with Crippen LogP contribution in [-0.2, 0) is 9.59 Å². The van der Waals surface area contributed by atoms with Gasteiger partial charge >= 0.3 is 0 Å². The van der Waals surface area contributed by atoms with E-state index in [2.05, 4.69) is 10.6 Å². The van der Waals surface area contributed by atoms with Crippen LogP contribution in [0.1, 0.15) is 6.92 Å². The van der Waals surface area contributed by atoms with E-state index in [-0.39, 0.29) is 31.0 Å². The van der Waals surface area contributed by atoms with Crippen LogP contribution in [-0.4, -0.2) is 62.7 Å². The Morgan fingerprint density at radius 3 is 2.47 bits per heavy atom. The fourth-order valence-electron chi connectivity index (χ4n) is 3.01. The first-order valence-electron chi connectivity index (χ1n) is 9.88. The maximum atomic E-state index is 12.3. The highest BCUT2D eigenvalue weighted by Gasteiger charge is 2.21. The number of rotatable bonds is 9. The van der Waals surface area contributed by atoms with E-state index < -0.39 is 0 Å². The molecule has 0 aromatic heterocycles. The molecule has 1 aliphatic heterocycles. The van der Waals surface area contributed by atoms with Crippen molar-refractivity contribution in [2.45, 2.75) is 13.0 Å². The molecule has 2 aromatic carbocycles. The molecule has 2 aromatic rings. The Balaban J connectivity index is 1.41. The zero-order valence-corrected chi connectivity index (χ0v) is 17.2. The highest BCUT2D eigenvalue weighted by molar-refractivity contribution is 5.92. The molecule has 1 atom stereocenters. The number of nitrogens with zero attached hydrogens (tertiary/aromatic N) is 1. The van der Waals surface area contributed by atoms with Gasteiger partial charge in [0.05, 0.1) is 26.7 Å². The summed E-state index contributed by atoms with van der Waals surface area (Å²) in [6, 6.07) is 14.5. The largest absolute Gasteiger partial charge is 0.497 e. The molecule has 0 aliphatic carbocycles. The Hall–Kier alpha value is -3.26. The third-order valence-electron chi connectivity index (χ3n) is 4.65. The number of carbonyl (C=O) groups is 2. The molecule has 160 valence electrons. The van der Waals surface area contributed by atoms with Crippen molar-refractivity contribution in [3.8, 4) is 17.2 Å². The third-order valence-corrected chi connectivity index (χ3v) is 4.65. The Labute approximate surface area is 176 Å². The number of para-hydroxylation sites is 2. The Kier molecular flexibility index (Phi) is 7.51. The first-order chi connectivity index (χ1) is 14.6. The van der Waals surface area contributed by atoms with Crippen LogP contribution in [0.2, 0.25) is 0 Å². The van der Waals surface area contributed by atoms with Crippen molar-refractivity contribution < 1.29 is 23.8 Å². The highest BCUT2D eigenvalue weighted by atomic mass is 16.6. The zero-order chi connectivity index (χ0) is 21.3. The fourth-order valence-corrected chi connectivity index (χ4v) is 3.01. The lowest BCUT2D eigenvalue weighted by atomic mass is 10.2. The van der Waals surface area contributed by atoms with Gasteiger partial charge in [0.15, 0.2) is 11.5 Å². The molecule has 1 heterocycles. The number of fused-ring (bicyclic) bond motifs is 1. The molecule has 0 unspecified atom stereocenters. The molecule has 0 saturated heterocycles. The van der Waals surface area contributed by atoms with Crippen molar-refractivity contribution >= 4 is 17.5 Å². The molecule has 1 aliphatic rings. The van der Waals surface area contributed by atoms with Gasteiger partial charge in [-0.2, -0.15) is 0 Å². The van der Waals surface area contributed by atoms with Crippen molar-refractivity contribution in [2.24, 2.45) is 0 Å². The number of ether oxygens (including phenoxy) is 3. The Bertz CT molecular complexity index is 856. The number of carbonyl (C=O) groups excluding carboxylic acids is 2. The Morgan fingerprint density at radius 1 is 1.07 bits per heavy atom. The molecule has 3 rings (SSSR count). The van der Waals surface area contributed by atoms with Gasteiger partial charge in [0, 0.05) is 5.69 Å². The molecule has 2 amide bonds. The highest BCUT2D eigenvalue weighted by Crippen LogP contribution is 2.30. The minimum absolute atomic E-state index is 0.117. The minimum Gasteiger partial charge on any atom is -0.497 e. The van der Waals surface area contributed by atoms with Gasteiger partial charge < -0.3 is 24.8 Å². The lowest BCUT2D eigenvalue weighted by molar-refractivity contribution is -0.123. The summed E-state index contributed by atoms with van der Waals surface area (Å²) in [5.41, 5.74) is 0.677. The summed E-state index contributed by atoms with van der Waals surface area (Å²) in [4.78, 5) is 26.4. The van der Waals surface area contributed by atoms with E-state index in [1.54, 1.807) is 36.3 Å². The van der Waals surface area contributed by atoms with Gasteiger partial charge in [-0.25, -0.2) is 0 Å². The van der Waals surface area contributed by atoms with Crippen LogP contribution in [0.25, 0.3) is 0 Å². The molecule has 30 heavy (non-hydrogen) atoms. The number of likely N-dealkylation sites (N-methyl/N-ethyl adjacent to an activating group) is 1. The van der Waals surface area contributed by atoms with E-state index in [1.165, 1.54) is 0 Å². The molecule has 0 bridgehead atoms. The van der Waals surface area contributed by atoms with Crippen molar-refractivity contribution in [3.05, 3.63) is 48.5 Å². The predicted molar refractivity (Wildman–Crippen MR) is 113 cm³/mol. The van der Waals surface area contributed by atoms with Crippen molar-refractivity contribution in [2.75, 3.05) is 45.2 Å². The summed E-state index contributed by atoms with van der Waals surface area (Å²) in [5.74, 6) is 1.75. The predicted octanol–water partition coefficient (Wildman–Crippen LogP) is 1.91. The van der Waals surface area contributed by atoms with Crippen molar-refractivity contribution in [3.63, 3.8) is 0 Å². The lowest BCUT2D eigenvalue weighted by Crippen LogP contribution is -2.45. The van der Waals surface area contributed by atoms with Gasteiger partial charge in [0.1, 0.15) is 18.5 Å². The van der Waals surface area contributed by atoms with E-state index in [4.69, 9.17) is 14.2 Å². The molecule has 8 nitrogen and oxygen atoms in total.